The van der Waals surface area contributed by atoms with Crippen molar-refractivity contribution in [2.45, 2.75) is 20.8 Å². The Kier molecular flexibility index (Phi) is 2.73. The highest BCUT2D eigenvalue weighted by molar-refractivity contribution is 6.03. The topological polar surface area (TPSA) is 59.3 Å². The van der Waals surface area contributed by atoms with Crippen LogP contribution in [-0.2, 0) is 0 Å². The average molecular weight is 245 g/mol. The van der Waals surface area contributed by atoms with Gasteiger partial charge in [-0.2, -0.15) is 0 Å². The largest absolute Gasteiger partial charge is 0.477 e. The SMILES string of the molecule is CC(C)(C)C(=O)n1c(C(=O)O)cc2ccccc21. The quantitative estimate of drug-likeness (QED) is 0.840. The Hall–Kier alpha value is -2.10. The molecule has 4 nitrogen and oxygen atoms in total. The minimum atomic E-state index is -1.09. The molecule has 0 spiro atoms. The summed E-state index contributed by atoms with van der Waals surface area (Å²) < 4.78 is 1.29. The van der Waals surface area contributed by atoms with Crippen LogP contribution in [0.2, 0.25) is 0 Å². The summed E-state index contributed by atoms with van der Waals surface area (Å²) in [6.45, 7) is 5.32. The van der Waals surface area contributed by atoms with Gasteiger partial charge in [-0.1, -0.05) is 39.0 Å². The first-order chi connectivity index (χ1) is 8.32. The zero-order valence-corrected chi connectivity index (χ0v) is 10.6. The van der Waals surface area contributed by atoms with Gasteiger partial charge in [0.2, 0.25) is 5.91 Å². The number of para-hydroxylation sites is 1. The van der Waals surface area contributed by atoms with Crippen LogP contribution in [0.25, 0.3) is 10.9 Å². The van der Waals surface area contributed by atoms with E-state index in [1.807, 2.05) is 6.07 Å². The van der Waals surface area contributed by atoms with E-state index in [-0.39, 0.29) is 11.6 Å². The standard InChI is InChI=1S/C14H15NO3/c1-14(2,3)13(18)15-10-7-5-4-6-9(10)8-11(15)12(16)17/h4-8H,1-3H3,(H,16,17). The highest BCUT2D eigenvalue weighted by Crippen LogP contribution is 2.25. The Balaban J connectivity index is 2.78. The molecule has 1 aromatic heterocycles. The molecule has 0 saturated carbocycles. The molecule has 94 valence electrons. The molecule has 0 unspecified atom stereocenters. The molecule has 1 N–H and O–H groups in total. The van der Waals surface area contributed by atoms with E-state index in [9.17, 15) is 14.7 Å². The summed E-state index contributed by atoms with van der Waals surface area (Å²) in [7, 11) is 0. The maximum atomic E-state index is 12.4. The van der Waals surface area contributed by atoms with Crippen LogP contribution in [0, 0.1) is 5.41 Å². The Morgan fingerprint density at radius 3 is 2.33 bits per heavy atom. The summed E-state index contributed by atoms with van der Waals surface area (Å²) in [4.78, 5) is 23.6. The second-order valence-electron chi connectivity index (χ2n) is 5.28. The van der Waals surface area contributed by atoms with Crippen molar-refractivity contribution >= 4 is 22.8 Å². The minimum absolute atomic E-state index is 0.0103. The van der Waals surface area contributed by atoms with E-state index in [1.165, 1.54) is 10.6 Å². The lowest BCUT2D eigenvalue weighted by Gasteiger charge is -2.19. The molecule has 0 radical (unpaired) electrons. The van der Waals surface area contributed by atoms with Crippen molar-refractivity contribution in [1.82, 2.24) is 4.57 Å². The molecule has 2 rings (SSSR count). The van der Waals surface area contributed by atoms with Crippen molar-refractivity contribution in [3.05, 3.63) is 36.0 Å². The zero-order valence-electron chi connectivity index (χ0n) is 10.6. The van der Waals surface area contributed by atoms with Gasteiger partial charge in [0.25, 0.3) is 0 Å². The summed E-state index contributed by atoms with van der Waals surface area (Å²) in [5.41, 5.74) is 0.0115. The van der Waals surface area contributed by atoms with Crippen LogP contribution in [0.4, 0.5) is 0 Å². The van der Waals surface area contributed by atoms with Crippen molar-refractivity contribution in [2.24, 2.45) is 5.41 Å². The van der Waals surface area contributed by atoms with E-state index in [0.717, 1.165) is 5.39 Å². The van der Waals surface area contributed by atoms with Gasteiger partial charge in [-0.25, -0.2) is 4.79 Å². The third-order valence-corrected chi connectivity index (χ3v) is 2.77. The van der Waals surface area contributed by atoms with E-state index < -0.39 is 11.4 Å². The van der Waals surface area contributed by atoms with Crippen LogP contribution in [0.5, 0.6) is 0 Å². The Bertz CT molecular complexity index is 632. The number of nitrogens with zero attached hydrogens (tertiary/aromatic N) is 1. The molecule has 4 heteroatoms. The first kappa shape index (κ1) is 12.4. The first-order valence-corrected chi connectivity index (χ1v) is 5.71. The second-order valence-corrected chi connectivity index (χ2v) is 5.28. The number of carboxylic acids is 1. The summed E-state index contributed by atoms with van der Waals surface area (Å²) >= 11 is 0. The number of rotatable bonds is 1. The molecule has 0 amide bonds. The number of carboxylic acid groups (broad SMARTS) is 1. The number of benzene rings is 1. The minimum Gasteiger partial charge on any atom is -0.477 e. The molecule has 0 aliphatic rings. The van der Waals surface area contributed by atoms with Crippen LogP contribution in [0.3, 0.4) is 0 Å². The number of carbonyl (C=O) groups excluding carboxylic acids is 1. The molecule has 0 bridgehead atoms. The van der Waals surface area contributed by atoms with E-state index in [4.69, 9.17) is 0 Å². The van der Waals surface area contributed by atoms with Crippen molar-refractivity contribution in [2.75, 3.05) is 0 Å². The molecular formula is C14H15NO3. The molecule has 0 fully saturated rings. The van der Waals surface area contributed by atoms with Gasteiger partial charge >= 0.3 is 5.97 Å². The number of fused-ring (bicyclic) bond motifs is 1. The highest BCUT2D eigenvalue weighted by atomic mass is 16.4. The second kappa shape index (κ2) is 3.98. The van der Waals surface area contributed by atoms with Crippen molar-refractivity contribution in [1.29, 1.82) is 0 Å². The summed E-state index contributed by atoms with van der Waals surface area (Å²) in [6, 6.07) is 8.70. The summed E-state index contributed by atoms with van der Waals surface area (Å²) in [5.74, 6) is -1.31. The lowest BCUT2D eigenvalue weighted by atomic mass is 9.95. The van der Waals surface area contributed by atoms with E-state index in [0.29, 0.717) is 5.52 Å². The fourth-order valence-electron chi connectivity index (χ4n) is 1.87. The van der Waals surface area contributed by atoms with Gasteiger partial charge in [-0.05, 0) is 12.1 Å². The maximum absolute atomic E-state index is 12.4. The predicted molar refractivity (Wildman–Crippen MR) is 69.0 cm³/mol. The number of hydrogen-bond donors (Lipinski definition) is 1. The van der Waals surface area contributed by atoms with Gasteiger partial charge < -0.3 is 5.11 Å². The smallest absolute Gasteiger partial charge is 0.352 e. The zero-order chi connectivity index (χ0) is 13.5. The lowest BCUT2D eigenvalue weighted by molar-refractivity contribution is 0.0655. The molecule has 0 atom stereocenters. The van der Waals surface area contributed by atoms with Gasteiger partial charge in [0.05, 0.1) is 5.52 Å². The lowest BCUT2D eigenvalue weighted by Crippen LogP contribution is -2.29. The molecule has 18 heavy (non-hydrogen) atoms. The number of carbonyl (C=O) groups is 2. The fraction of sp³-hybridized carbons (Fsp3) is 0.286. The number of aromatic carboxylic acids is 1. The number of aromatic nitrogens is 1. The van der Waals surface area contributed by atoms with Gasteiger partial charge in [-0.15, -0.1) is 0 Å². The van der Waals surface area contributed by atoms with Crippen LogP contribution in [0.1, 0.15) is 36.1 Å². The number of hydrogen-bond acceptors (Lipinski definition) is 2. The Morgan fingerprint density at radius 2 is 1.78 bits per heavy atom. The van der Waals surface area contributed by atoms with Crippen molar-refractivity contribution in [3.8, 4) is 0 Å². The van der Waals surface area contributed by atoms with Crippen molar-refractivity contribution < 1.29 is 14.7 Å². The van der Waals surface area contributed by atoms with Gasteiger partial charge in [-0.3, -0.25) is 9.36 Å². The van der Waals surface area contributed by atoms with Crippen molar-refractivity contribution in [3.63, 3.8) is 0 Å². The molecule has 0 aliphatic heterocycles. The normalized spacial score (nSPS) is 11.7. The maximum Gasteiger partial charge on any atom is 0.352 e. The Labute approximate surface area is 105 Å². The summed E-state index contributed by atoms with van der Waals surface area (Å²) in [5, 5.41) is 9.97. The highest BCUT2D eigenvalue weighted by Gasteiger charge is 2.28. The fourth-order valence-corrected chi connectivity index (χ4v) is 1.87. The predicted octanol–water partition coefficient (Wildman–Crippen LogP) is 3.03. The first-order valence-electron chi connectivity index (χ1n) is 5.71. The van der Waals surface area contributed by atoms with E-state index >= 15 is 0 Å². The third kappa shape index (κ3) is 1.90. The van der Waals surface area contributed by atoms with Crippen LogP contribution in [-0.4, -0.2) is 21.6 Å². The van der Waals surface area contributed by atoms with Crippen LogP contribution < -0.4 is 0 Å². The van der Waals surface area contributed by atoms with Crippen LogP contribution >= 0.6 is 0 Å². The van der Waals surface area contributed by atoms with Crippen LogP contribution in [0.15, 0.2) is 30.3 Å². The molecular weight excluding hydrogens is 230 g/mol. The van der Waals surface area contributed by atoms with Gasteiger partial charge in [0.15, 0.2) is 0 Å². The molecule has 0 aliphatic carbocycles. The molecule has 2 aromatic rings. The third-order valence-electron chi connectivity index (χ3n) is 2.77. The van der Waals surface area contributed by atoms with Gasteiger partial charge in [0.1, 0.15) is 5.69 Å². The van der Waals surface area contributed by atoms with E-state index in [2.05, 4.69) is 0 Å². The molecule has 0 saturated heterocycles. The molecule has 1 heterocycles. The van der Waals surface area contributed by atoms with Gasteiger partial charge in [0, 0.05) is 10.8 Å². The average Bonchev–Trinajstić information content (AvgIpc) is 2.65. The summed E-state index contributed by atoms with van der Waals surface area (Å²) in [6.07, 6.45) is 0. The Morgan fingerprint density at radius 1 is 1.17 bits per heavy atom. The molecule has 1 aromatic carbocycles. The monoisotopic (exact) mass is 245 g/mol. The van der Waals surface area contributed by atoms with E-state index in [1.54, 1.807) is 39.0 Å².